The van der Waals surface area contributed by atoms with E-state index < -0.39 is 5.41 Å². The quantitative estimate of drug-likeness (QED) is 0.187. The van der Waals surface area contributed by atoms with Crippen LogP contribution in [0, 0.1) is 11.3 Å². The third-order valence-corrected chi connectivity index (χ3v) is 9.47. The molecule has 0 saturated carbocycles. The number of benzene rings is 7. The van der Waals surface area contributed by atoms with Crippen LogP contribution < -0.4 is 4.74 Å². The van der Waals surface area contributed by atoms with Gasteiger partial charge in [-0.25, -0.2) is 15.0 Å². The topological polar surface area (TPSA) is 71.7 Å². The number of hydrogen-bond acceptors (Lipinski definition) is 5. The molecule has 7 aromatic carbocycles. The highest BCUT2D eigenvalue weighted by Crippen LogP contribution is 2.56. The Kier molecular flexibility index (Phi) is 7.00. The molecule has 234 valence electrons. The summed E-state index contributed by atoms with van der Waals surface area (Å²) in [6.45, 7) is 0. The minimum atomic E-state index is -0.657. The van der Waals surface area contributed by atoms with Crippen molar-refractivity contribution in [3.63, 3.8) is 0 Å². The monoisotopic (exact) mass is 640 g/mol. The predicted molar refractivity (Wildman–Crippen MR) is 197 cm³/mol. The fourth-order valence-electron chi connectivity index (χ4n) is 7.13. The minimum Gasteiger partial charge on any atom is -0.457 e. The van der Waals surface area contributed by atoms with Gasteiger partial charge in [-0.05, 0) is 64.4 Å². The van der Waals surface area contributed by atoms with Crippen molar-refractivity contribution < 1.29 is 4.74 Å². The lowest BCUT2D eigenvalue weighted by Gasteiger charge is -2.41. The summed E-state index contributed by atoms with van der Waals surface area (Å²) in [5.41, 5.74) is 6.82. The van der Waals surface area contributed by atoms with Gasteiger partial charge in [0.1, 0.15) is 11.5 Å². The second-order valence-electron chi connectivity index (χ2n) is 12.4. The molecule has 5 heteroatoms. The van der Waals surface area contributed by atoms with Gasteiger partial charge in [0, 0.05) is 27.8 Å². The Morgan fingerprint density at radius 2 is 0.920 bits per heavy atom. The van der Waals surface area contributed by atoms with E-state index in [-0.39, 0.29) is 0 Å². The molecular formula is C45H28N4O. The van der Waals surface area contributed by atoms with E-state index >= 15 is 0 Å². The normalized spacial score (nSPS) is 12.7. The first-order valence-corrected chi connectivity index (χ1v) is 16.5. The van der Waals surface area contributed by atoms with Crippen LogP contribution in [-0.2, 0) is 5.41 Å². The fraction of sp³-hybridized carbons (Fsp3) is 0.0222. The zero-order valence-electron chi connectivity index (χ0n) is 26.9. The standard InChI is InChI=1S/C45H28N4O/c46-29-30-20-22-32(23-21-30)43-47-42(31-12-4-1-5-13-31)48-44(49-43)35-24-25-38-40(28-35)50-41-27-34-15-11-10-14-33(34)26-39(41)45(38,36-16-6-2-7-17-36)37-18-8-3-9-19-37/h1-28H. The van der Waals surface area contributed by atoms with Gasteiger partial charge in [-0.3, -0.25) is 0 Å². The van der Waals surface area contributed by atoms with Gasteiger partial charge in [-0.15, -0.1) is 0 Å². The molecule has 8 aromatic rings. The molecule has 1 aliphatic rings. The maximum Gasteiger partial charge on any atom is 0.164 e. The third-order valence-electron chi connectivity index (χ3n) is 9.47. The third kappa shape index (κ3) is 4.82. The van der Waals surface area contributed by atoms with Crippen LogP contribution in [0.1, 0.15) is 27.8 Å². The first kappa shape index (κ1) is 29.3. The van der Waals surface area contributed by atoms with E-state index in [1.807, 2.05) is 42.5 Å². The molecule has 0 atom stereocenters. The molecule has 0 amide bonds. The van der Waals surface area contributed by atoms with E-state index in [2.05, 4.69) is 121 Å². The fourth-order valence-corrected chi connectivity index (χ4v) is 7.13. The van der Waals surface area contributed by atoms with E-state index in [0.717, 1.165) is 61.2 Å². The summed E-state index contributed by atoms with van der Waals surface area (Å²) in [7, 11) is 0. The van der Waals surface area contributed by atoms with Gasteiger partial charge < -0.3 is 4.74 Å². The maximum atomic E-state index is 9.37. The van der Waals surface area contributed by atoms with Crippen molar-refractivity contribution in [1.29, 1.82) is 5.26 Å². The van der Waals surface area contributed by atoms with Crippen LogP contribution in [0.3, 0.4) is 0 Å². The minimum absolute atomic E-state index is 0.525. The average Bonchev–Trinajstić information content (AvgIpc) is 3.20. The number of rotatable bonds is 5. The summed E-state index contributed by atoms with van der Waals surface area (Å²) in [5, 5.41) is 11.6. The van der Waals surface area contributed by atoms with Crippen molar-refractivity contribution in [2.45, 2.75) is 5.41 Å². The molecule has 9 rings (SSSR count). The van der Waals surface area contributed by atoms with Gasteiger partial charge in [0.2, 0.25) is 0 Å². The zero-order chi connectivity index (χ0) is 33.5. The van der Waals surface area contributed by atoms with Crippen molar-refractivity contribution in [2.24, 2.45) is 0 Å². The summed E-state index contributed by atoms with van der Waals surface area (Å²) < 4.78 is 6.90. The molecule has 1 aliphatic heterocycles. The largest absolute Gasteiger partial charge is 0.457 e. The Morgan fingerprint density at radius 1 is 0.440 bits per heavy atom. The summed E-state index contributed by atoms with van der Waals surface area (Å²) in [6, 6.07) is 59.9. The Labute approximate surface area is 289 Å². The van der Waals surface area contributed by atoms with E-state index in [1.165, 1.54) is 0 Å². The lowest BCUT2D eigenvalue weighted by Crippen LogP contribution is -2.34. The molecular weight excluding hydrogens is 613 g/mol. The van der Waals surface area contributed by atoms with Gasteiger partial charge in [-0.2, -0.15) is 5.26 Å². The zero-order valence-corrected chi connectivity index (χ0v) is 26.9. The number of hydrogen-bond donors (Lipinski definition) is 0. The Morgan fingerprint density at radius 3 is 1.52 bits per heavy atom. The maximum absolute atomic E-state index is 9.37. The molecule has 5 nitrogen and oxygen atoms in total. The smallest absolute Gasteiger partial charge is 0.164 e. The van der Waals surface area contributed by atoms with E-state index in [1.54, 1.807) is 12.1 Å². The highest BCUT2D eigenvalue weighted by atomic mass is 16.5. The summed E-state index contributed by atoms with van der Waals surface area (Å²) >= 11 is 0. The molecule has 0 N–H and O–H groups in total. The SMILES string of the molecule is N#Cc1ccc(-c2nc(-c3ccccc3)nc(-c3ccc4c(c3)Oc3cc5ccccc5cc3C4(c3ccccc3)c3ccccc3)n2)cc1. The van der Waals surface area contributed by atoms with E-state index in [4.69, 9.17) is 19.7 Å². The highest BCUT2D eigenvalue weighted by Gasteiger charge is 2.45. The second kappa shape index (κ2) is 12.0. The molecule has 1 aromatic heterocycles. The highest BCUT2D eigenvalue weighted by molar-refractivity contribution is 5.88. The number of aromatic nitrogens is 3. The Hall–Kier alpha value is -6.90. The van der Waals surface area contributed by atoms with Crippen molar-refractivity contribution in [2.75, 3.05) is 0 Å². The lowest BCUT2D eigenvalue weighted by molar-refractivity contribution is 0.435. The van der Waals surface area contributed by atoms with Crippen LogP contribution in [0.25, 0.3) is 44.9 Å². The van der Waals surface area contributed by atoms with Crippen molar-refractivity contribution in [1.82, 2.24) is 15.0 Å². The lowest BCUT2D eigenvalue weighted by atomic mass is 9.63. The molecule has 0 aliphatic carbocycles. The van der Waals surface area contributed by atoms with E-state index in [0.29, 0.717) is 23.0 Å². The number of ether oxygens (including phenoxy) is 1. The Balaban J connectivity index is 1.29. The van der Waals surface area contributed by atoms with E-state index in [9.17, 15) is 5.26 Å². The molecule has 0 bridgehead atoms. The van der Waals surface area contributed by atoms with Gasteiger partial charge in [-0.1, -0.05) is 127 Å². The van der Waals surface area contributed by atoms with Crippen LogP contribution in [0.4, 0.5) is 0 Å². The first-order chi connectivity index (χ1) is 24.7. The summed E-state index contributed by atoms with van der Waals surface area (Å²) in [4.78, 5) is 14.8. The van der Waals surface area contributed by atoms with Crippen LogP contribution >= 0.6 is 0 Å². The average molecular weight is 641 g/mol. The van der Waals surface area contributed by atoms with Crippen molar-refractivity contribution in [3.05, 3.63) is 198 Å². The van der Waals surface area contributed by atoms with Gasteiger partial charge in [0.05, 0.1) is 17.0 Å². The van der Waals surface area contributed by atoms with Crippen molar-refractivity contribution in [3.8, 4) is 51.7 Å². The Bertz CT molecular complexity index is 2520. The molecule has 50 heavy (non-hydrogen) atoms. The molecule has 0 saturated heterocycles. The molecule has 0 unspecified atom stereocenters. The molecule has 2 heterocycles. The number of nitrogens with zero attached hydrogens (tertiary/aromatic N) is 4. The first-order valence-electron chi connectivity index (χ1n) is 16.5. The van der Waals surface area contributed by atoms with Gasteiger partial charge >= 0.3 is 0 Å². The number of nitriles is 1. The molecule has 0 radical (unpaired) electrons. The van der Waals surface area contributed by atoms with Crippen LogP contribution in [0.15, 0.2) is 170 Å². The molecule has 0 fully saturated rings. The van der Waals surface area contributed by atoms with Crippen molar-refractivity contribution >= 4 is 10.8 Å². The second-order valence-corrected chi connectivity index (χ2v) is 12.4. The number of fused-ring (bicyclic) bond motifs is 3. The van der Waals surface area contributed by atoms with Gasteiger partial charge in [0.25, 0.3) is 0 Å². The summed E-state index contributed by atoms with van der Waals surface area (Å²) in [6.07, 6.45) is 0. The summed E-state index contributed by atoms with van der Waals surface area (Å²) in [5.74, 6) is 3.16. The van der Waals surface area contributed by atoms with Gasteiger partial charge in [0.15, 0.2) is 17.5 Å². The molecule has 0 spiro atoms. The predicted octanol–water partition coefficient (Wildman–Crippen LogP) is 10.4. The van der Waals surface area contributed by atoms with Crippen LogP contribution in [0.2, 0.25) is 0 Å². The van der Waals surface area contributed by atoms with Crippen LogP contribution in [-0.4, -0.2) is 15.0 Å². The van der Waals surface area contributed by atoms with Crippen LogP contribution in [0.5, 0.6) is 11.5 Å².